The van der Waals surface area contributed by atoms with E-state index in [1.54, 1.807) is 23.6 Å². The molecular weight excluding hydrogens is 845 g/mol. The molecule has 2 aromatic heterocycles. The molecule has 2 aliphatic rings. The van der Waals surface area contributed by atoms with Gasteiger partial charge in [0.05, 0.1) is 23.1 Å². The van der Waals surface area contributed by atoms with Gasteiger partial charge in [0.25, 0.3) is 5.91 Å². The third kappa shape index (κ3) is 9.94. The molecule has 2 fully saturated rings. The van der Waals surface area contributed by atoms with E-state index in [-0.39, 0.29) is 105 Å². The normalized spacial score (nSPS) is 18.7. The van der Waals surface area contributed by atoms with E-state index in [9.17, 15) is 40.7 Å². The fourth-order valence-electron chi connectivity index (χ4n) is 6.77. The molecule has 0 spiro atoms. The van der Waals surface area contributed by atoms with Crippen molar-refractivity contribution in [3.8, 4) is 0 Å². The number of nitrogens with zero attached hydrogens (tertiary/aromatic N) is 5. The number of benzene rings is 1. The molecule has 3 aromatic rings. The van der Waals surface area contributed by atoms with Crippen molar-refractivity contribution in [2.75, 3.05) is 37.4 Å². The molecule has 302 valence electrons. The van der Waals surface area contributed by atoms with Crippen LogP contribution in [0.2, 0.25) is 0 Å². The predicted molar refractivity (Wildman–Crippen MR) is 205 cm³/mol. The lowest BCUT2D eigenvalue weighted by Gasteiger charge is -2.35. The van der Waals surface area contributed by atoms with Gasteiger partial charge in [0.1, 0.15) is 17.9 Å². The summed E-state index contributed by atoms with van der Waals surface area (Å²) in [4.78, 5) is 52.4. The summed E-state index contributed by atoms with van der Waals surface area (Å²) in [5.41, 5.74) is 2.15. The lowest BCUT2D eigenvalue weighted by molar-refractivity contribution is -0.182. The molecule has 0 unspecified atom stereocenters. The summed E-state index contributed by atoms with van der Waals surface area (Å²) in [6.07, 6.45) is -9.18. The van der Waals surface area contributed by atoms with Crippen LogP contribution in [-0.2, 0) is 22.7 Å². The van der Waals surface area contributed by atoms with Crippen LogP contribution in [0.25, 0.3) is 11.2 Å². The average molecular weight is 893 g/mol. The van der Waals surface area contributed by atoms with Crippen molar-refractivity contribution in [2.45, 2.75) is 97.7 Å². The maximum absolute atomic E-state index is 13.9. The molecule has 18 heteroatoms. The second kappa shape index (κ2) is 16.3. The van der Waals surface area contributed by atoms with Crippen molar-refractivity contribution in [3.05, 3.63) is 38.5 Å². The topological polar surface area (TPSA) is 124 Å². The van der Waals surface area contributed by atoms with Crippen molar-refractivity contribution in [2.24, 2.45) is 17.3 Å². The predicted octanol–water partition coefficient (Wildman–Crippen LogP) is 7.47. The molecule has 3 amide bonds. The lowest BCUT2D eigenvalue weighted by atomic mass is 9.85. The first kappa shape index (κ1) is 42.3. The monoisotopic (exact) mass is 892 g/mol. The number of carbonyl (C=O) groups is 3. The Kier molecular flexibility index (Phi) is 12.6. The van der Waals surface area contributed by atoms with Crippen LogP contribution >= 0.6 is 22.6 Å². The van der Waals surface area contributed by atoms with Crippen molar-refractivity contribution in [3.63, 3.8) is 0 Å². The second-order valence-electron chi connectivity index (χ2n) is 15.7. The van der Waals surface area contributed by atoms with E-state index >= 15 is 0 Å². The number of nitrogens with one attached hydrogen (secondary N) is 3. The van der Waals surface area contributed by atoms with Gasteiger partial charge in [-0.05, 0) is 85.2 Å². The van der Waals surface area contributed by atoms with E-state index in [1.165, 1.54) is 11.0 Å². The number of fused-ring (bicyclic) bond motifs is 1. The molecule has 3 N–H and O–H groups in total. The Bertz CT molecular complexity index is 1910. The van der Waals surface area contributed by atoms with Gasteiger partial charge in [-0.2, -0.15) is 26.3 Å². The fourth-order valence-corrected chi connectivity index (χ4v) is 7.71. The van der Waals surface area contributed by atoms with Gasteiger partial charge in [-0.1, -0.05) is 32.9 Å². The molecule has 1 saturated carbocycles. The van der Waals surface area contributed by atoms with Crippen LogP contribution < -0.4 is 20.9 Å². The standard InChI is InChI=1S/C37H47F6IN8O3/c1-20-7-8-21(18-45-33(55)35(2,3)4)28(44)29(20)48-34-47-26-17-25(32(54)46-24-11-9-22(10-12-24)36(38,39)40)30(49-31(26)52(34)19-27(53)50(5)6)51-15-13-23(14-16-51)37(41,42)43/h7-8,17,22-24H,9-16,18-19H2,1-6H3,(H,45,55)(H,46,54)(H,47,48). The average Bonchev–Trinajstić information content (AvgIpc) is 3.43. The zero-order chi connectivity index (χ0) is 40.6. The highest BCUT2D eigenvalue weighted by Gasteiger charge is 2.43. The summed E-state index contributed by atoms with van der Waals surface area (Å²) in [6, 6.07) is 4.72. The number of rotatable bonds is 9. The number of aryl methyl sites for hydroxylation is 1. The number of piperidine rings is 1. The van der Waals surface area contributed by atoms with Gasteiger partial charge >= 0.3 is 12.4 Å². The first-order valence-electron chi connectivity index (χ1n) is 18.2. The van der Waals surface area contributed by atoms with Crippen molar-refractivity contribution < 1.29 is 40.7 Å². The van der Waals surface area contributed by atoms with Gasteiger partial charge in [0.15, 0.2) is 5.65 Å². The Morgan fingerprint density at radius 2 is 1.51 bits per heavy atom. The van der Waals surface area contributed by atoms with Crippen LogP contribution in [-0.4, -0.2) is 82.7 Å². The summed E-state index contributed by atoms with van der Waals surface area (Å²) in [6.45, 7) is 7.26. The molecule has 5 rings (SSSR count). The Labute approximate surface area is 329 Å². The maximum atomic E-state index is 13.9. The highest BCUT2D eigenvalue weighted by molar-refractivity contribution is 14.1. The minimum atomic E-state index is -4.38. The number of hydrogen-bond donors (Lipinski definition) is 3. The SMILES string of the molecule is Cc1ccc(CNC(=O)C(C)(C)C)c(I)c1Nc1nc2cc(C(=O)NC3CCC(C(F)(F)F)CC3)c(N3CCC(C(F)(F)F)CC3)nc2n1CC(=O)N(C)C. The largest absolute Gasteiger partial charge is 0.391 e. The third-order valence-corrected chi connectivity index (χ3v) is 11.5. The molecule has 1 aliphatic heterocycles. The molecule has 1 saturated heterocycles. The highest BCUT2D eigenvalue weighted by atomic mass is 127. The maximum Gasteiger partial charge on any atom is 0.391 e. The Morgan fingerprint density at radius 3 is 2.07 bits per heavy atom. The highest BCUT2D eigenvalue weighted by Crippen LogP contribution is 2.39. The Balaban J connectivity index is 1.56. The molecule has 1 aromatic carbocycles. The van der Waals surface area contributed by atoms with E-state index in [0.717, 1.165) is 14.7 Å². The molecule has 0 radical (unpaired) electrons. The van der Waals surface area contributed by atoms with Crippen LogP contribution in [0.1, 0.15) is 80.8 Å². The van der Waals surface area contributed by atoms with Crippen molar-refractivity contribution in [1.29, 1.82) is 0 Å². The van der Waals surface area contributed by atoms with Crippen LogP contribution in [0.3, 0.4) is 0 Å². The van der Waals surface area contributed by atoms with Gasteiger partial charge in [-0.15, -0.1) is 0 Å². The van der Waals surface area contributed by atoms with Gasteiger partial charge < -0.3 is 25.8 Å². The van der Waals surface area contributed by atoms with Gasteiger partial charge in [0, 0.05) is 48.8 Å². The Morgan fingerprint density at radius 1 is 0.909 bits per heavy atom. The van der Waals surface area contributed by atoms with E-state index in [0.29, 0.717) is 5.69 Å². The number of hydrogen-bond acceptors (Lipinski definition) is 7. The smallest absolute Gasteiger partial charge is 0.356 e. The summed E-state index contributed by atoms with van der Waals surface area (Å²) in [7, 11) is 3.18. The Hall–Kier alpha value is -3.84. The summed E-state index contributed by atoms with van der Waals surface area (Å²) < 4.78 is 83.3. The number of alkyl halides is 6. The van der Waals surface area contributed by atoms with Crippen molar-refractivity contribution in [1.82, 2.24) is 30.1 Å². The number of aromatic nitrogens is 3. The number of anilines is 3. The molecule has 11 nitrogen and oxygen atoms in total. The number of amides is 3. The van der Waals surface area contributed by atoms with Crippen molar-refractivity contribution >= 4 is 68.9 Å². The molecule has 0 atom stereocenters. The quantitative estimate of drug-likeness (QED) is 0.151. The fraction of sp³-hybridized carbons (Fsp3) is 0.595. The number of carbonyl (C=O) groups excluding carboxylic acids is 3. The molecule has 1 aliphatic carbocycles. The number of imidazole rings is 1. The molecular formula is C37H47F6IN8O3. The van der Waals surface area contributed by atoms with Crippen LogP contribution in [0.4, 0.5) is 43.8 Å². The molecule has 3 heterocycles. The summed E-state index contributed by atoms with van der Waals surface area (Å²) in [5.74, 6) is -3.71. The summed E-state index contributed by atoms with van der Waals surface area (Å²) in [5, 5.41) is 9.15. The number of pyridine rings is 1. The third-order valence-electron chi connectivity index (χ3n) is 10.3. The van der Waals surface area contributed by atoms with Gasteiger partial charge in [-0.3, -0.25) is 19.0 Å². The summed E-state index contributed by atoms with van der Waals surface area (Å²) >= 11 is 2.17. The van der Waals surface area contributed by atoms with Crippen LogP contribution in [0.5, 0.6) is 0 Å². The first-order valence-corrected chi connectivity index (χ1v) is 19.3. The molecule has 55 heavy (non-hydrogen) atoms. The van der Waals surface area contributed by atoms with E-state index in [2.05, 4.69) is 38.5 Å². The second-order valence-corrected chi connectivity index (χ2v) is 16.7. The molecule has 0 bridgehead atoms. The van der Waals surface area contributed by atoms with E-state index in [1.807, 2.05) is 39.8 Å². The minimum absolute atomic E-state index is 0.0217. The minimum Gasteiger partial charge on any atom is -0.356 e. The van der Waals surface area contributed by atoms with Crippen LogP contribution in [0.15, 0.2) is 18.2 Å². The van der Waals surface area contributed by atoms with Crippen LogP contribution in [0, 0.1) is 27.7 Å². The van der Waals surface area contributed by atoms with E-state index < -0.39 is 41.6 Å². The number of likely N-dealkylation sites (N-methyl/N-ethyl adjacent to an activating group) is 1. The van der Waals surface area contributed by atoms with E-state index in [4.69, 9.17) is 9.97 Å². The zero-order valence-electron chi connectivity index (χ0n) is 31.6. The lowest BCUT2D eigenvalue weighted by Crippen LogP contribution is -2.42. The number of halogens is 7. The van der Waals surface area contributed by atoms with Gasteiger partial charge in [0.2, 0.25) is 17.8 Å². The van der Waals surface area contributed by atoms with Gasteiger partial charge in [-0.25, -0.2) is 9.97 Å². The zero-order valence-corrected chi connectivity index (χ0v) is 33.8. The first-order chi connectivity index (χ1) is 25.5.